The normalized spacial score (nSPS) is 14.4. The first kappa shape index (κ1) is 17.0. The molecule has 134 valence electrons. The summed E-state index contributed by atoms with van der Waals surface area (Å²) < 4.78 is 0. The number of aromatic amines is 1. The van der Waals surface area contributed by atoms with E-state index >= 15 is 0 Å². The summed E-state index contributed by atoms with van der Waals surface area (Å²) in [6, 6.07) is 22.2. The summed E-state index contributed by atoms with van der Waals surface area (Å²) in [5, 5.41) is 20.8. The van der Waals surface area contributed by atoms with E-state index in [2.05, 4.69) is 21.4 Å². The number of benzene rings is 2. The van der Waals surface area contributed by atoms with Gasteiger partial charge in [-0.2, -0.15) is 5.26 Å². The van der Waals surface area contributed by atoms with Crippen molar-refractivity contribution in [3.8, 4) is 28.6 Å². The number of aromatic nitrogens is 1. The lowest BCUT2D eigenvalue weighted by atomic mass is 10.1. The Balaban J connectivity index is 1.83. The number of hydrogen-bond donors (Lipinski definition) is 1. The smallest absolute Gasteiger partial charge is 0.131 e. The lowest BCUT2D eigenvalue weighted by Gasteiger charge is -2.21. The van der Waals surface area contributed by atoms with Crippen LogP contribution >= 0.6 is 0 Å². The predicted octanol–water partition coefficient (Wildman–Crippen LogP) is 5.70. The van der Waals surface area contributed by atoms with Gasteiger partial charge >= 0.3 is 0 Å². The summed E-state index contributed by atoms with van der Waals surface area (Å²) in [5.41, 5.74) is 4.69. The maximum absolute atomic E-state index is 9.87. The number of hydrogen-bond acceptors (Lipinski definition) is 3. The van der Waals surface area contributed by atoms with Crippen molar-refractivity contribution in [2.75, 3.05) is 13.1 Å². The Morgan fingerprint density at radius 3 is 2.00 bits per heavy atom. The summed E-state index contributed by atoms with van der Waals surface area (Å²) in [6.07, 6.45) is 3.52. The molecular formula is C22H21N5. The molecule has 0 bridgehead atoms. The van der Waals surface area contributed by atoms with Crippen molar-refractivity contribution in [3.63, 3.8) is 0 Å². The first-order valence-electron chi connectivity index (χ1n) is 9.30. The van der Waals surface area contributed by atoms with Crippen LogP contribution in [0.3, 0.4) is 0 Å². The minimum absolute atomic E-state index is 0.529. The van der Waals surface area contributed by atoms with Gasteiger partial charge < -0.3 is 4.98 Å². The van der Waals surface area contributed by atoms with Crippen LogP contribution in [-0.4, -0.2) is 23.1 Å². The highest BCUT2D eigenvalue weighted by molar-refractivity contribution is 5.86. The van der Waals surface area contributed by atoms with Crippen molar-refractivity contribution >= 4 is 5.69 Å². The number of nitriles is 1. The van der Waals surface area contributed by atoms with Crippen LogP contribution in [-0.2, 0) is 0 Å². The van der Waals surface area contributed by atoms with Crippen LogP contribution in [0.2, 0.25) is 0 Å². The zero-order valence-electron chi connectivity index (χ0n) is 15.1. The Kier molecular flexibility index (Phi) is 4.97. The fraction of sp³-hybridized carbons (Fsp3) is 0.227. The molecule has 0 atom stereocenters. The summed E-state index contributed by atoms with van der Waals surface area (Å²) in [7, 11) is 0. The molecular weight excluding hydrogens is 334 g/mol. The van der Waals surface area contributed by atoms with E-state index in [-0.39, 0.29) is 0 Å². The van der Waals surface area contributed by atoms with Crippen molar-refractivity contribution in [2.45, 2.75) is 19.3 Å². The van der Waals surface area contributed by atoms with Gasteiger partial charge in [-0.1, -0.05) is 65.9 Å². The third kappa shape index (κ3) is 3.61. The third-order valence-electron chi connectivity index (χ3n) is 4.81. The van der Waals surface area contributed by atoms with Gasteiger partial charge in [0.2, 0.25) is 0 Å². The molecule has 1 N–H and O–H groups in total. The van der Waals surface area contributed by atoms with Crippen LogP contribution in [0.4, 0.5) is 5.69 Å². The average molecular weight is 355 g/mol. The molecule has 1 saturated heterocycles. The van der Waals surface area contributed by atoms with Gasteiger partial charge in [0.25, 0.3) is 0 Å². The van der Waals surface area contributed by atoms with Crippen LogP contribution < -0.4 is 0 Å². The highest BCUT2D eigenvalue weighted by Crippen LogP contribution is 2.39. The number of H-pyrrole nitrogens is 1. The molecule has 1 aliphatic rings. The lowest BCUT2D eigenvalue weighted by Crippen LogP contribution is -2.23. The molecule has 0 amide bonds. The summed E-state index contributed by atoms with van der Waals surface area (Å²) in [4.78, 5) is 3.43. The van der Waals surface area contributed by atoms with Crippen LogP contribution in [0.5, 0.6) is 0 Å². The van der Waals surface area contributed by atoms with Gasteiger partial charge in [-0.05, 0) is 24.8 Å². The number of piperidine rings is 1. The van der Waals surface area contributed by atoms with E-state index in [0.717, 1.165) is 48.4 Å². The summed E-state index contributed by atoms with van der Waals surface area (Å²) in [6.45, 7) is 1.84. The van der Waals surface area contributed by atoms with Gasteiger partial charge in [0.05, 0.1) is 11.4 Å². The van der Waals surface area contributed by atoms with Gasteiger partial charge in [-0.15, -0.1) is 5.11 Å². The minimum Gasteiger partial charge on any atom is -0.352 e. The fourth-order valence-electron chi connectivity index (χ4n) is 3.41. The van der Waals surface area contributed by atoms with E-state index in [1.807, 2.05) is 65.7 Å². The van der Waals surface area contributed by atoms with Crippen molar-refractivity contribution in [1.29, 1.82) is 5.26 Å². The third-order valence-corrected chi connectivity index (χ3v) is 4.81. The SMILES string of the molecule is N#Cc1c(-c2ccccc2)[nH]c(-c2ccccc2)c1N=NN1CCCCC1. The zero-order valence-corrected chi connectivity index (χ0v) is 15.1. The molecule has 5 nitrogen and oxygen atoms in total. The number of nitrogens with one attached hydrogen (secondary N) is 1. The monoisotopic (exact) mass is 355 g/mol. The van der Waals surface area contributed by atoms with Crippen molar-refractivity contribution in [2.24, 2.45) is 10.3 Å². The molecule has 27 heavy (non-hydrogen) atoms. The lowest BCUT2D eigenvalue weighted by molar-refractivity contribution is 0.224. The molecule has 0 aliphatic carbocycles. The van der Waals surface area contributed by atoms with Crippen LogP contribution in [0, 0.1) is 11.3 Å². The Labute approximate surface area is 159 Å². The largest absolute Gasteiger partial charge is 0.352 e. The predicted molar refractivity (Wildman–Crippen MR) is 106 cm³/mol. The van der Waals surface area contributed by atoms with Crippen molar-refractivity contribution < 1.29 is 0 Å². The van der Waals surface area contributed by atoms with Crippen molar-refractivity contribution in [1.82, 2.24) is 9.99 Å². The Morgan fingerprint density at radius 1 is 0.815 bits per heavy atom. The quantitative estimate of drug-likeness (QED) is 0.609. The van der Waals surface area contributed by atoms with Crippen molar-refractivity contribution in [3.05, 3.63) is 66.2 Å². The molecule has 3 aromatic rings. The summed E-state index contributed by atoms with van der Waals surface area (Å²) >= 11 is 0. The van der Waals surface area contributed by atoms with E-state index in [1.165, 1.54) is 6.42 Å². The molecule has 5 heteroatoms. The van der Waals surface area contributed by atoms with Gasteiger partial charge in [0.1, 0.15) is 17.3 Å². The minimum atomic E-state index is 0.529. The van der Waals surface area contributed by atoms with E-state index < -0.39 is 0 Å². The first-order valence-corrected chi connectivity index (χ1v) is 9.30. The van der Waals surface area contributed by atoms with E-state index in [1.54, 1.807) is 0 Å². The van der Waals surface area contributed by atoms with Gasteiger partial charge in [0.15, 0.2) is 0 Å². The topological polar surface area (TPSA) is 67.5 Å². The number of nitrogens with zero attached hydrogens (tertiary/aromatic N) is 4. The average Bonchev–Trinajstić information content (AvgIpc) is 3.13. The fourth-order valence-corrected chi connectivity index (χ4v) is 3.41. The molecule has 0 saturated carbocycles. The molecule has 1 aliphatic heterocycles. The molecule has 1 aromatic heterocycles. The zero-order chi connectivity index (χ0) is 18.5. The molecule has 0 radical (unpaired) electrons. The van der Waals surface area contributed by atoms with E-state index in [0.29, 0.717) is 11.3 Å². The van der Waals surface area contributed by atoms with E-state index in [4.69, 9.17) is 0 Å². The molecule has 2 heterocycles. The van der Waals surface area contributed by atoms with Crippen LogP contribution in [0.25, 0.3) is 22.5 Å². The molecule has 4 rings (SSSR count). The molecule has 1 fully saturated rings. The van der Waals surface area contributed by atoms with Gasteiger partial charge in [0, 0.05) is 18.7 Å². The van der Waals surface area contributed by atoms with Gasteiger partial charge in [-0.25, -0.2) is 0 Å². The molecule has 2 aromatic carbocycles. The highest BCUT2D eigenvalue weighted by atomic mass is 15.5. The highest BCUT2D eigenvalue weighted by Gasteiger charge is 2.20. The Bertz CT molecular complexity index is 961. The maximum Gasteiger partial charge on any atom is 0.131 e. The first-order chi connectivity index (χ1) is 13.4. The summed E-state index contributed by atoms with van der Waals surface area (Å²) in [5.74, 6) is 0. The number of rotatable bonds is 4. The van der Waals surface area contributed by atoms with Gasteiger partial charge in [-0.3, -0.25) is 5.01 Å². The molecule has 0 spiro atoms. The molecule has 0 unspecified atom stereocenters. The Hall–Kier alpha value is -3.39. The second-order valence-corrected chi connectivity index (χ2v) is 6.65. The second-order valence-electron chi connectivity index (χ2n) is 6.65. The standard InChI is InChI=1S/C22H21N5/c23-16-19-20(17-10-4-1-5-11-17)24-21(18-12-6-2-7-13-18)22(19)25-26-27-14-8-3-9-15-27/h1-2,4-7,10-13,24H,3,8-9,14-15H2. The van der Waals surface area contributed by atoms with E-state index in [9.17, 15) is 5.26 Å². The van der Waals surface area contributed by atoms with Crippen LogP contribution in [0.1, 0.15) is 24.8 Å². The van der Waals surface area contributed by atoms with Crippen LogP contribution in [0.15, 0.2) is 71.0 Å². The Morgan fingerprint density at radius 2 is 1.41 bits per heavy atom. The second kappa shape index (κ2) is 7.88. The maximum atomic E-state index is 9.87.